The molecule has 2 aromatic heterocycles. The Hall–Kier alpha value is -0.760. The van der Waals surface area contributed by atoms with Crippen molar-refractivity contribution in [1.29, 1.82) is 0 Å². The Morgan fingerprint density at radius 1 is 1.55 bits per heavy atom. The summed E-state index contributed by atoms with van der Waals surface area (Å²) >= 11 is 5.04. The molecule has 0 bridgehead atoms. The third-order valence-corrected chi connectivity index (χ3v) is 5.37. The van der Waals surface area contributed by atoms with E-state index in [2.05, 4.69) is 37.9 Å². The number of likely N-dealkylation sites (tertiary alicyclic amines) is 1. The van der Waals surface area contributed by atoms with Gasteiger partial charge < -0.3 is 10.3 Å². The SMILES string of the molecule is CC1(CN)CCN(Cc2nc(-c3ccc(Br)s3)no2)C1. The molecule has 20 heavy (non-hydrogen) atoms. The fourth-order valence-electron chi connectivity index (χ4n) is 2.47. The summed E-state index contributed by atoms with van der Waals surface area (Å²) in [5, 5.41) is 4.05. The lowest BCUT2D eigenvalue weighted by atomic mass is 9.90. The minimum Gasteiger partial charge on any atom is -0.338 e. The van der Waals surface area contributed by atoms with Crippen LogP contribution in [0.4, 0.5) is 0 Å². The molecule has 2 N–H and O–H groups in total. The third kappa shape index (κ3) is 2.95. The average molecular weight is 357 g/mol. The van der Waals surface area contributed by atoms with Crippen molar-refractivity contribution in [3.63, 3.8) is 0 Å². The maximum Gasteiger partial charge on any atom is 0.241 e. The molecule has 0 saturated carbocycles. The van der Waals surface area contributed by atoms with Crippen molar-refractivity contribution in [3.05, 3.63) is 21.8 Å². The summed E-state index contributed by atoms with van der Waals surface area (Å²) in [4.78, 5) is 7.81. The number of hydrogen-bond donors (Lipinski definition) is 1. The van der Waals surface area contributed by atoms with Crippen LogP contribution in [0.2, 0.25) is 0 Å². The zero-order chi connectivity index (χ0) is 14.2. The predicted molar refractivity (Wildman–Crippen MR) is 82.4 cm³/mol. The summed E-state index contributed by atoms with van der Waals surface area (Å²) in [5.74, 6) is 1.34. The molecule has 7 heteroatoms. The maximum atomic E-state index is 5.82. The molecule has 1 aliphatic rings. The molecule has 1 saturated heterocycles. The molecular weight excluding hydrogens is 340 g/mol. The predicted octanol–water partition coefficient (Wildman–Crippen LogP) is 2.73. The van der Waals surface area contributed by atoms with Crippen molar-refractivity contribution in [2.45, 2.75) is 19.9 Å². The smallest absolute Gasteiger partial charge is 0.241 e. The Morgan fingerprint density at radius 2 is 2.40 bits per heavy atom. The van der Waals surface area contributed by atoms with E-state index in [1.54, 1.807) is 11.3 Å². The summed E-state index contributed by atoms with van der Waals surface area (Å²) in [6.07, 6.45) is 1.13. The van der Waals surface area contributed by atoms with Crippen LogP contribution in [-0.2, 0) is 6.54 Å². The van der Waals surface area contributed by atoms with Crippen molar-refractivity contribution in [2.75, 3.05) is 19.6 Å². The van der Waals surface area contributed by atoms with E-state index in [9.17, 15) is 0 Å². The molecule has 5 nitrogen and oxygen atoms in total. The molecule has 1 atom stereocenters. The first-order valence-electron chi connectivity index (χ1n) is 6.59. The third-order valence-electron chi connectivity index (χ3n) is 3.75. The highest BCUT2D eigenvalue weighted by Gasteiger charge is 2.33. The highest BCUT2D eigenvalue weighted by atomic mass is 79.9. The molecular formula is C13H17BrN4OS. The molecule has 2 aromatic rings. The van der Waals surface area contributed by atoms with Gasteiger partial charge in [0.1, 0.15) is 0 Å². The average Bonchev–Trinajstić information content (AvgIpc) is 3.12. The van der Waals surface area contributed by atoms with Crippen LogP contribution in [0.1, 0.15) is 19.2 Å². The Morgan fingerprint density at radius 3 is 3.05 bits per heavy atom. The van der Waals surface area contributed by atoms with Crippen molar-refractivity contribution >= 4 is 27.3 Å². The maximum absolute atomic E-state index is 5.82. The summed E-state index contributed by atoms with van der Waals surface area (Å²) < 4.78 is 6.42. The van der Waals surface area contributed by atoms with Crippen molar-refractivity contribution in [2.24, 2.45) is 11.1 Å². The number of aromatic nitrogens is 2. The van der Waals surface area contributed by atoms with Crippen LogP contribution in [0, 0.1) is 5.41 Å². The summed E-state index contributed by atoms with van der Waals surface area (Å²) in [5.41, 5.74) is 6.05. The lowest BCUT2D eigenvalue weighted by molar-refractivity contribution is 0.239. The second-order valence-electron chi connectivity index (χ2n) is 5.59. The number of hydrogen-bond acceptors (Lipinski definition) is 6. The van der Waals surface area contributed by atoms with Crippen LogP contribution in [0.25, 0.3) is 10.7 Å². The first kappa shape index (κ1) is 14.2. The highest BCUT2D eigenvalue weighted by Crippen LogP contribution is 2.31. The van der Waals surface area contributed by atoms with Crippen LogP contribution in [0.15, 0.2) is 20.4 Å². The zero-order valence-corrected chi connectivity index (χ0v) is 13.7. The van der Waals surface area contributed by atoms with Crippen molar-refractivity contribution in [3.8, 4) is 10.7 Å². The fraction of sp³-hybridized carbons (Fsp3) is 0.538. The minimum absolute atomic E-state index is 0.224. The van der Waals surface area contributed by atoms with Gasteiger partial charge in [0, 0.05) is 6.54 Å². The first-order chi connectivity index (χ1) is 9.58. The van der Waals surface area contributed by atoms with E-state index in [0.717, 1.165) is 34.7 Å². The van der Waals surface area contributed by atoms with E-state index >= 15 is 0 Å². The molecule has 3 heterocycles. The largest absolute Gasteiger partial charge is 0.338 e. The molecule has 0 aliphatic carbocycles. The Kier molecular flexibility index (Phi) is 3.94. The lowest BCUT2D eigenvalue weighted by Gasteiger charge is -2.21. The van der Waals surface area contributed by atoms with E-state index in [0.29, 0.717) is 18.3 Å². The molecule has 0 spiro atoms. The second kappa shape index (κ2) is 5.55. The fourth-order valence-corrected chi connectivity index (χ4v) is 3.78. The van der Waals surface area contributed by atoms with Gasteiger partial charge in [-0.1, -0.05) is 12.1 Å². The molecule has 0 radical (unpaired) electrons. The van der Waals surface area contributed by atoms with Gasteiger partial charge in [0.2, 0.25) is 11.7 Å². The van der Waals surface area contributed by atoms with E-state index < -0.39 is 0 Å². The monoisotopic (exact) mass is 356 g/mol. The summed E-state index contributed by atoms with van der Waals surface area (Å²) in [6.45, 7) is 5.69. The van der Waals surface area contributed by atoms with Gasteiger partial charge in [-0.05, 0) is 53.0 Å². The molecule has 108 valence electrons. The number of nitrogens with zero attached hydrogens (tertiary/aromatic N) is 3. The molecule has 3 rings (SSSR count). The summed E-state index contributed by atoms with van der Waals surface area (Å²) in [6, 6.07) is 3.98. The summed E-state index contributed by atoms with van der Waals surface area (Å²) in [7, 11) is 0. The second-order valence-corrected chi connectivity index (χ2v) is 8.05. The van der Waals surface area contributed by atoms with Crippen LogP contribution >= 0.6 is 27.3 Å². The van der Waals surface area contributed by atoms with Gasteiger partial charge in [-0.3, -0.25) is 4.90 Å². The number of thiophene rings is 1. The van der Waals surface area contributed by atoms with Crippen LogP contribution < -0.4 is 5.73 Å². The van der Waals surface area contributed by atoms with E-state index in [-0.39, 0.29) is 5.41 Å². The Bertz CT molecular complexity index is 599. The van der Waals surface area contributed by atoms with Gasteiger partial charge in [-0.2, -0.15) is 4.98 Å². The topological polar surface area (TPSA) is 68.2 Å². The zero-order valence-electron chi connectivity index (χ0n) is 11.3. The standard InChI is InChI=1S/C13H17BrN4OS/c1-13(7-15)4-5-18(8-13)6-11-16-12(17-19-11)9-2-3-10(14)20-9/h2-3H,4-8,15H2,1H3. The molecule has 0 aromatic carbocycles. The van der Waals surface area contributed by atoms with Crippen LogP contribution in [0.5, 0.6) is 0 Å². The van der Waals surface area contributed by atoms with E-state index in [1.807, 2.05) is 12.1 Å². The first-order valence-corrected chi connectivity index (χ1v) is 8.20. The van der Waals surface area contributed by atoms with Gasteiger partial charge in [-0.15, -0.1) is 11.3 Å². The highest BCUT2D eigenvalue weighted by molar-refractivity contribution is 9.11. The van der Waals surface area contributed by atoms with Gasteiger partial charge in [-0.25, -0.2) is 0 Å². The Balaban J connectivity index is 1.66. The number of nitrogens with two attached hydrogens (primary N) is 1. The van der Waals surface area contributed by atoms with Gasteiger partial charge >= 0.3 is 0 Å². The van der Waals surface area contributed by atoms with Crippen LogP contribution in [0.3, 0.4) is 0 Å². The van der Waals surface area contributed by atoms with Gasteiger partial charge in [0.25, 0.3) is 0 Å². The number of halogens is 1. The molecule has 0 amide bonds. The lowest BCUT2D eigenvalue weighted by Crippen LogP contribution is -2.31. The van der Waals surface area contributed by atoms with Crippen molar-refractivity contribution in [1.82, 2.24) is 15.0 Å². The molecule has 1 unspecified atom stereocenters. The minimum atomic E-state index is 0.224. The van der Waals surface area contributed by atoms with Crippen molar-refractivity contribution < 1.29 is 4.52 Å². The molecule has 1 aliphatic heterocycles. The Labute approximate surface area is 130 Å². The quantitative estimate of drug-likeness (QED) is 0.911. The normalized spacial score (nSPS) is 23.6. The van der Waals surface area contributed by atoms with E-state index in [4.69, 9.17) is 10.3 Å². The van der Waals surface area contributed by atoms with E-state index in [1.165, 1.54) is 0 Å². The number of rotatable bonds is 4. The van der Waals surface area contributed by atoms with Crippen LogP contribution in [-0.4, -0.2) is 34.7 Å². The molecule has 1 fully saturated rings. The van der Waals surface area contributed by atoms with Gasteiger partial charge in [0.15, 0.2) is 0 Å². The van der Waals surface area contributed by atoms with Gasteiger partial charge in [0.05, 0.1) is 15.2 Å².